The van der Waals surface area contributed by atoms with Crippen LogP contribution in [-0.4, -0.2) is 18.7 Å². The quantitative estimate of drug-likeness (QED) is 0.731. The van der Waals surface area contributed by atoms with Crippen molar-refractivity contribution >= 4 is 27.0 Å². The summed E-state index contributed by atoms with van der Waals surface area (Å²) in [7, 11) is -3.29. The highest BCUT2D eigenvalue weighted by Crippen LogP contribution is 2.22. The first-order valence-electron chi connectivity index (χ1n) is 3.84. The van der Waals surface area contributed by atoms with Crippen LogP contribution in [0.4, 0.5) is 0 Å². The molecule has 0 saturated heterocycles. The van der Waals surface area contributed by atoms with Gasteiger partial charge in [-0.25, -0.2) is 8.42 Å². The number of para-hydroxylation sites is 1. The highest BCUT2D eigenvalue weighted by Gasteiger charge is 2.22. The Morgan fingerprint density at radius 3 is 2.57 bits per heavy atom. The van der Waals surface area contributed by atoms with Crippen LogP contribution in [0.1, 0.15) is 0 Å². The molecule has 1 aliphatic heterocycles. The monoisotopic (exact) mass is 229 g/mol. The lowest BCUT2D eigenvalue weighted by molar-refractivity contribution is 0.566. The van der Waals surface area contributed by atoms with Crippen molar-refractivity contribution in [2.45, 2.75) is 0 Å². The lowest BCUT2D eigenvalue weighted by Gasteiger charge is -2.00. The third-order valence-corrected chi connectivity index (χ3v) is 4.14. The fourth-order valence-corrected chi connectivity index (χ4v) is 3.11. The van der Waals surface area contributed by atoms with Gasteiger partial charge in [0.2, 0.25) is 0 Å². The molecule has 0 radical (unpaired) electrons. The molecule has 0 unspecified atom stereocenters. The Morgan fingerprint density at radius 1 is 1.29 bits per heavy atom. The van der Waals surface area contributed by atoms with E-state index in [-0.39, 0.29) is 10.3 Å². The second kappa shape index (κ2) is 3.62. The van der Waals surface area contributed by atoms with Gasteiger partial charge in [0.25, 0.3) is 15.3 Å². The van der Waals surface area contributed by atoms with Gasteiger partial charge < -0.3 is 4.74 Å². The molecule has 0 N–H and O–H groups in total. The van der Waals surface area contributed by atoms with Crippen LogP contribution in [0, 0.1) is 0 Å². The number of hydrogen-bond donors (Lipinski definition) is 0. The molecule has 0 spiro atoms. The van der Waals surface area contributed by atoms with Crippen LogP contribution < -0.4 is 4.74 Å². The Kier molecular flexibility index (Phi) is 2.47. The van der Waals surface area contributed by atoms with Crippen molar-refractivity contribution in [1.82, 2.24) is 0 Å². The molecule has 1 aromatic carbocycles. The SMILES string of the molecule is O=S1(=O)CSC(Oc2ccccc2)=N1. The highest BCUT2D eigenvalue weighted by atomic mass is 32.3. The largest absolute Gasteiger partial charge is 0.433 e. The first-order valence-corrected chi connectivity index (χ1v) is 6.43. The molecular formula is C8H7NO3S2. The summed E-state index contributed by atoms with van der Waals surface area (Å²) in [4.78, 5) is 0. The fourth-order valence-electron chi connectivity index (χ4n) is 0.929. The van der Waals surface area contributed by atoms with E-state index < -0.39 is 10.0 Å². The minimum absolute atomic E-state index is 0.0326. The van der Waals surface area contributed by atoms with E-state index in [0.29, 0.717) is 5.75 Å². The van der Waals surface area contributed by atoms with Gasteiger partial charge in [-0.3, -0.25) is 0 Å². The smallest absolute Gasteiger partial charge is 0.268 e. The van der Waals surface area contributed by atoms with Crippen LogP contribution >= 0.6 is 11.8 Å². The molecule has 14 heavy (non-hydrogen) atoms. The molecule has 74 valence electrons. The van der Waals surface area contributed by atoms with E-state index >= 15 is 0 Å². The zero-order valence-corrected chi connectivity index (χ0v) is 8.72. The van der Waals surface area contributed by atoms with Gasteiger partial charge >= 0.3 is 0 Å². The summed E-state index contributed by atoms with van der Waals surface area (Å²) in [6.45, 7) is 0. The maximum absolute atomic E-state index is 10.9. The lowest BCUT2D eigenvalue weighted by Crippen LogP contribution is -1.99. The second-order valence-corrected chi connectivity index (χ2v) is 5.54. The molecule has 0 amide bonds. The van der Waals surface area contributed by atoms with Crippen LogP contribution in [0.3, 0.4) is 0 Å². The summed E-state index contributed by atoms with van der Waals surface area (Å²) in [5.41, 5.74) is 0. The van der Waals surface area contributed by atoms with Crippen molar-refractivity contribution in [2.24, 2.45) is 4.40 Å². The van der Waals surface area contributed by atoms with E-state index in [4.69, 9.17) is 4.74 Å². The van der Waals surface area contributed by atoms with E-state index in [9.17, 15) is 8.42 Å². The molecule has 6 heteroatoms. The van der Waals surface area contributed by atoms with E-state index in [2.05, 4.69) is 4.40 Å². The normalized spacial score (nSPS) is 19.0. The first kappa shape index (κ1) is 9.54. The minimum atomic E-state index is -3.29. The number of thioether (sulfide) groups is 1. The van der Waals surface area contributed by atoms with Gasteiger partial charge in [0.1, 0.15) is 10.8 Å². The molecular weight excluding hydrogens is 222 g/mol. The average molecular weight is 229 g/mol. The van der Waals surface area contributed by atoms with Gasteiger partial charge in [-0.1, -0.05) is 18.2 Å². The Morgan fingerprint density at radius 2 is 2.00 bits per heavy atom. The van der Waals surface area contributed by atoms with Gasteiger partial charge in [0, 0.05) is 0 Å². The predicted octanol–water partition coefficient (Wildman–Crippen LogP) is 1.46. The first-order chi connectivity index (χ1) is 6.66. The van der Waals surface area contributed by atoms with Crippen molar-refractivity contribution in [2.75, 3.05) is 5.08 Å². The maximum atomic E-state index is 10.9. The molecule has 1 heterocycles. The summed E-state index contributed by atoms with van der Waals surface area (Å²) in [6.07, 6.45) is 0. The van der Waals surface area contributed by atoms with Crippen LogP contribution in [0.25, 0.3) is 0 Å². The third kappa shape index (κ3) is 2.27. The van der Waals surface area contributed by atoms with E-state index in [1.807, 2.05) is 18.2 Å². The molecule has 0 bridgehead atoms. The van der Waals surface area contributed by atoms with Crippen LogP contribution in [0.5, 0.6) is 5.75 Å². The van der Waals surface area contributed by atoms with Crippen molar-refractivity contribution in [1.29, 1.82) is 0 Å². The number of rotatable bonds is 1. The number of sulfonamides is 1. The highest BCUT2D eigenvalue weighted by molar-refractivity contribution is 8.24. The number of nitrogens with zero attached hydrogens (tertiary/aromatic N) is 1. The summed E-state index contributed by atoms with van der Waals surface area (Å²) in [5.74, 6) is 0.593. The predicted molar refractivity (Wildman–Crippen MR) is 55.9 cm³/mol. The summed E-state index contributed by atoms with van der Waals surface area (Å²) in [6, 6.07) is 8.96. The van der Waals surface area contributed by atoms with Crippen molar-refractivity contribution in [3.05, 3.63) is 30.3 Å². The molecule has 1 aliphatic rings. The topological polar surface area (TPSA) is 55.7 Å². The van der Waals surface area contributed by atoms with Gasteiger partial charge in [-0.15, -0.1) is 4.40 Å². The van der Waals surface area contributed by atoms with Gasteiger partial charge in [0.05, 0.1) is 0 Å². The Bertz CT molecular complexity index is 453. The summed E-state index contributed by atoms with van der Waals surface area (Å²) >= 11 is 1.08. The zero-order valence-electron chi connectivity index (χ0n) is 7.08. The van der Waals surface area contributed by atoms with E-state index in [1.165, 1.54) is 0 Å². The zero-order chi connectivity index (χ0) is 10.0. The van der Waals surface area contributed by atoms with Gasteiger partial charge in [-0.05, 0) is 23.9 Å². The molecule has 0 saturated carbocycles. The van der Waals surface area contributed by atoms with Crippen LogP contribution in [-0.2, 0) is 10.0 Å². The van der Waals surface area contributed by atoms with E-state index in [0.717, 1.165) is 11.8 Å². The molecule has 0 aromatic heterocycles. The standard InChI is InChI=1S/C8H7NO3S2/c10-14(11)6-13-8(9-14)12-7-4-2-1-3-5-7/h1-5H,6H2. The van der Waals surface area contributed by atoms with Crippen molar-refractivity contribution in [3.63, 3.8) is 0 Å². The average Bonchev–Trinajstić information content (AvgIpc) is 2.47. The summed E-state index contributed by atoms with van der Waals surface area (Å²) in [5, 5.41) is 0.158. The Balaban J connectivity index is 2.15. The second-order valence-electron chi connectivity index (χ2n) is 2.62. The third-order valence-electron chi connectivity index (χ3n) is 1.49. The van der Waals surface area contributed by atoms with Crippen molar-refractivity contribution in [3.8, 4) is 5.75 Å². The molecule has 1 aromatic rings. The van der Waals surface area contributed by atoms with Gasteiger partial charge in [-0.2, -0.15) is 0 Å². The molecule has 4 nitrogen and oxygen atoms in total. The van der Waals surface area contributed by atoms with Crippen LogP contribution in [0.15, 0.2) is 34.7 Å². The van der Waals surface area contributed by atoms with Gasteiger partial charge in [0.15, 0.2) is 0 Å². The molecule has 0 aliphatic carbocycles. The number of hydrogen-bond acceptors (Lipinski definition) is 4. The molecule has 2 rings (SSSR count). The fraction of sp³-hybridized carbons (Fsp3) is 0.125. The number of benzene rings is 1. The minimum Gasteiger partial charge on any atom is -0.433 e. The number of ether oxygens (including phenoxy) is 1. The van der Waals surface area contributed by atoms with Crippen LogP contribution in [0.2, 0.25) is 0 Å². The Hall–Kier alpha value is -1.01. The Labute approximate surface area is 86.0 Å². The van der Waals surface area contributed by atoms with Crippen molar-refractivity contribution < 1.29 is 13.2 Å². The van der Waals surface area contributed by atoms with E-state index in [1.54, 1.807) is 12.1 Å². The molecule has 0 atom stereocenters. The summed E-state index contributed by atoms with van der Waals surface area (Å²) < 4.78 is 30.6. The lowest BCUT2D eigenvalue weighted by atomic mass is 10.3. The molecule has 0 fully saturated rings. The maximum Gasteiger partial charge on any atom is 0.268 e.